The van der Waals surface area contributed by atoms with Crippen molar-refractivity contribution >= 4 is 0 Å². The summed E-state index contributed by atoms with van der Waals surface area (Å²) in [6.07, 6.45) is 1.21. The molecule has 1 aromatic heterocycles. The summed E-state index contributed by atoms with van der Waals surface area (Å²) < 4.78 is 6.20. The summed E-state index contributed by atoms with van der Waals surface area (Å²) in [5, 5.41) is 12.9. The molecule has 0 saturated carbocycles. The van der Waals surface area contributed by atoms with Crippen LogP contribution in [0, 0.1) is 0 Å². The molecule has 0 saturated heterocycles. The number of hydrogen-bond acceptors (Lipinski definition) is 4. The van der Waals surface area contributed by atoms with E-state index in [1.54, 1.807) is 31.4 Å². The minimum absolute atomic E-state index is 0.144. The molecule has 0 aliphatic heterocycles. The van der Waals surface area contributed by atoms with E-state index in [1.807, 2.05) is 0 Å². The highest BCUT2D eigenvalue weighted by atomic mass is 16.5. The first kappa shape index (κ1) is 10.2. The Labute approximate surface area is 91.5 Å². The summed E-state index contributed by atoms with van der Waals surface area (Å²) in [5.74, 6) is 0.560. The Balaban J connectivity index is 2.46. The third kappa shape index (κ3) is 1.88. The van der Waals surface area contributed by atoms with Gasteiger partial charge in [0.2, 0.25) is 0 Å². The number of aromatic nitrogens is 2. The largest absolute Gasteiger partial charge is 0.506 e. The second-order valence-electron chi connectivity index (χ2n) is 3.16. The normalized spacial score (nSPS) is 10.1. The second-order valence-corrected chi connectivity index (χ2v) is 3.16. The van der Waals surface area contributed by atoms with Gasteiger partial charge in [-0.05, 0) is 24.3 Å². The van der Waals surface area contributed by atoms with Crippen LogP contribution in [0.1, 0.15) is 0 Å². The highest BCUT2D eigenvalue weighted by Gasteiger charge is 2.01. The van der Waals surface area contributed by atoms with Crippen molar-refractivity contribution in [2.24, 2.45) is 0 Å². The third-order valence-electron chi connectivity index (χ3n) is 2.10. The van der Waals surface area contributed by atoms with Gasteiger partial charge in [0.15, 0.2) is 0 Å². The van der Waals surface area contributed by atoms with Gasteiger partial charge in [-0.25, -0.2) is 0 Å². The highest BCUT2D eigenvalue weighted by Crippen LogP contribution is 2.13. The molecule has 0 amide bonds. The van der Waals surface area contributed by atoms with Crippen molar-refractivity contribution in [2.75, 3.05) is 7.11 Å². The Hall–Kier alpha value is -2.30. The lowest BCUT2D eigenvalue weighted by Crippen LogP contribution is -2.19. The van der Waals surface area contributed by atoms with Gasteiger partial charge in [-0.15, -0.1) is 0 Å². The van der Waals surface area contributed by atoms with Crippen LogP contribution in [-0.4, -0.2) is 22.0 Å². The van der Waals surface area contributed by atoms with Crippen molar-refractivity contribution in [2.45, 2.75) is 0 Å². The molecule has 0 fully saturated rings. The van der Waals surface area contributed by atoms with Crippen LogP contribution in [0.15, 0.2) is 41.3 Å². The molecule has 5 nitrogen and oxygen atoms in total. The highest BCUT2D eigenvalue weighted by molar-refractivity contribution is 5.36. The standard InChI is InChI=1S/C11H10N2O3/c1-16-10-4-2-8(3-5-10)13-11(15)6-9(14)7-12-13/h2-7,14H,1H3. The fraction of sp³-hybridized carbons (Fsp3) is 0.0909. The molecule has 2 aromatic rings. The predicted molar refractivity (Wildman–Crippen MR) is 58.1 cm³/mol. The molecule has 2 rings (SSSR count). The maximum Gasteiger partial charge on any atom is 0.275 e. The zero-order valence-electron chi connectivity index (χ0n) is 8.62. The average Bonchev–Trinajstić information content (AvgIpc) is 2.29. The quantitative estimate of drug-likeness (QED) is 0.815. The van der Waals surface area contributed by atoms with Crippen LogP contribution in [-0.2, 0) is 0 Å². The van der Waals surface area contributed by atoms with E-state index in [1.165, 1.54) is 10.9 Å². The van der Waals surface area contributed by atoms with E-state index in [0.29, 0.717) is 11.4 Å². The molecule has 0 radical (unpaired) electrons. The lowest BCUT2D eigenvalue weighted by atomic mass is 10.3. The molecular weight excluding hydrogens is 208 g/mol. The van der Waals surface area contributed by atoms with Crippen molar-refractivity contribution in [3.63, 3.8) is 0 Å². The molecule has 5 heteroatoms. The van der Waals surface area contributed by atoms with Crippen LogP contribution in [0.2, 0.25) is 0 Å². The Morgan fingerprint density at radius 3 is 2.56 bits per heavy atom. The molecule has 0 unspecified atom stereocenters. The minimum Gasteiger partial charge on any atom is -0.506 e. The molecule has 16 heavy (non-hydrogen) atoms. The number of nitrogens with zero attached hydrogens (tertiary/aromatic N) is 2. The van der Waals surface area contributed by atoms with Crippen LogP contribution in [0.3, 0.4) is 0 Å². The summed E-state index contributed by atoms with van der Waals surface area (Å²) in [5.41, 5.74) is 0.232. The van der Waals surface area contributed by atoms with Gasteiger partial charge < -0.3 is 9.84 Å². The molecular formula is C11H10N2O3. The van der Waals surface area contributed by atoms with Crippen LogP contribution in [0.5, 0.6) is 11.5 Å². The van der Waals surface area contributed by atoms with E-state index in [4.69, 9.17) is 9.84 Å². The van der Waals surface area contributed by atoms with Gasteiger partial charge in [-0.3, -0.25) is 4.79 Å². The molecule has 1 heterocycles. The molecule has 82 valence electrons. The summed E-state index contributed by atoms with van der Waals surface area (Å²) >= 11 is 0. The van der Waals surface area contributed by atoms with Gasteiger partial charge in [-0.1, -0.05) is 0 Å². The van der Waals surface area contributed by atoms with Gasteiger partial charge >= 0.3 is 0 Å². The van der Waals surface area contributed by atoms with E-state index in [0.717, 1.165) is 6.07 Å². The molecule has 0 atom stereocenters. The van der Waals surface area contributed by atoms with Gasteiger partial charge in [0.05, 0.1) is 19.0 Å². The number of hydrogen-bond donors (Lipinski definition) is 1. The summed E-state index contributed by atoms with van der Waals surface area (Å²) in [7, 11) is 1.57. The molecule has 1 aromatic carbocycles. The Kier molecular flexibility index (Phi) is 2.59. The molecule has 1 N–H and O–H groups in total. The number of benzene rings is 1. The predicted octanol–water partition coefficient (Wildman–Crippen LogP) is 0.947. The average molecular weight is 218 g/mol. The molecule has 0 aliphatic rings. The lowest BCUT2D eigenvalue weighted by Gasteiger charge is -2.04. The van der Waals surface area contributed by atoms with E-state index < -0.39 is 0 Å². The first-order valence-electron chi connectivity index (χ1n) is 4.63. The maximum absolute atomic E-state index is 11.5. The van der Waals surface area contributed by atoms with Gasteiger partial charge in [-0.2, -0.15) is 9.78 Å². The summed E-state index contributed by atoms with van der Waals surface area (Å²) in [4.78, 5) is 11.5. The third-order valence-corrected chi connectivity index (χ3v) is 2.10. The fourth-order valence-electron chi connectivity index (χ4n) is 1.32. The molecule has 0 aliphatic carbocycles. The van der Waals surface area contributed by atoms with Crippen LogP contribution >= 0.6 is 0 Å². The van der Waals surface area contributed by atoms with Crippen LogP contribution in [0.25, 0.3) is 5.69 Å². The number of methoxy groups -OCH3 is 1. The van der Waals surface area contributed by atoms with Gasteiger partial charge in [0, 0.05) is 6.07 Å². The van der Waals surface area contributed by atoms with Crippen molar-refractivity contribution < 1.29 is 9.84 Å². The number of ether oxygens (including phenoxy) is 1. The summed E-state index contributed by atoms with van der Waals surface area (Å²) in [6, 6.07) is 8.00. The van der Waals surface area contributed by atoms with Crippen molar-refractivity contribution in [3.05, 3.63) is 46.9 Å². The van der Waals surface area contributed by atoms with Crippen molar-refractivity contribution in [1.29, 1.82) is 0 Å². The SMILES string of the molecule is COc1ccc(-n2ncc(O)cc2=O)cc1. The minimum atomic E-state index is -0.384. The first-order valence-corrected chi connectivity index (χ1v) is 4.63. The maximum atomic E-state index is 11.5. The van der Waals surface area contributed by atoms with Gasteiger partial charge in [0.1, 0.15) is 11.5 Å². The van der Waals surface area contributed by atoms with E-state index in [9.17, 15) is 4.79 Å². The van der Waals surface area contributed by atoms with E-state index in [-0.39, 0.29) is 11.3 Å². The number of rotatable bonds is 2. The van der Waals surface area contributed by atoms with E-state index >= 15 is 0 Å². The fourth-order valence-corrected chi connectivity index (χ4v) is 1.32. The van der Waals surface area contributed by atoms with Crippen molar-refractivity contribution in [3.8, 4) is 17.2 Å². The summed E-state index contributed by atoms with van der Waals surface area (Å²) in [6.45, 7) is 0. The Bertz CT molecular complexity index is 546. The Morgan fingerprint density at radius 2 is 2.00 bits per heavy atom. The Morgan fingerprint density at radius 1 is 1.31 bits per heavy atom. The number of aromatic hydroxyl groups is 1. The first-order chi connectivity index (χ1) is 7.70. The zero-order valence-corrected chi connectivity index (χ0v) is 8.62. The van der Waals surface area contributed by atoms with Gasteiger partial charge in [0.25, 0.3) is 5.56 Å². The van der Waals surface area contributed by atoms with E-state index in [2.05, 4.69) is 5.10 Å². The monoisotopic (exact) mass is 218 g/mol. The smallest absolute Gasteiger partial charge is 0.275 e. The zero-order chi connectivity index (χ0) is 11.5. The molecule has 0 bridgehead atoms. The second kappa shape index (κ2) is 4.06. The van der Waals surface area contributed by atoms with Crippen molar-refractivity contribution in [1.82, 2.24) is 9.78 Å². The van der Waals surface area contributed by atoms with Crippen LogP contribution < -0.4 is 10.3 Å². The topological polar surface area (TPSA) is 64.3 Å². The molecule has 0 spiro atoms. The van der Waals surface area contributed by atoms with Crippen LogP contribution in [0.4, 0.5) is 0 Å². The lowest BCUT2D eigenvalue weighted by molar-refractivity contribution is 0.414.